The maximum atomic E-state index is 13.0. The van der Waals surface area contributed by atoms with Crippen molar-refractivity contribution in [3.05, 3.63) is 0 Å². The fourth-order valence-electron chi connectivity index (χ4n) is 4.88. The third-order valence-electron chi connectivity index (χ3n) is 6.99. The molecule has 1 aliphatic heterocycles. The summed E-state index contributed by atoms with van der Waals surface area (Å²) in [5.74, 6) is 0.236. The Morgan fingerprint density at radius 2 is 1.50 bits per heavy atom. The van der Waals surface area contributed by atoms with Crippen LogP contribution in [-0.4, -0.2) is 84.4 Å². The number of ether oxygens (including phenoxy) is 2. The molecule has 0 aromatic rings. The van der Waals surface area contributed by atoms with Crippen molar-refractivity contribution in [1.82, 2.24) is 15.5 Å². The lowest BCUT2D eigenvalue weighted by Gasteiger charge is -2.25. The second kappa shape index (κ2) is 19.3. The Bertz CT molecular complexity index is 783. The second-order valence-corrected chi connectivity index (χ2v) is 12.3. The van der Waals surface area contributed by atoms with Gasteiger partial charge in [0, 0.05) is 50.7 Å². The summed E-state index contributed by atoms with van der Waals surface area (Å²) in [6.45, 7) is 17.2. The van der Waals surface area contributed by atoms with Gasteiger partial charge in [-0.2, -0.15) is 0 Å². The highest BCUT2D eigenvalue weighted by molar-refractivity contribution is 5.84. The molecule has 0 aliphatic carbocycles. The molecule has 0 aromatic heterocycles. The van der Waals surface area contributed by atoms with Crippen LogP contribution in [0.5, 0.6) is 0 Å². The molecule has 2 N–H and O–H groups in total. The minimum absolute atomic E-state index is 0.0292. The van der Waals surface area contributed by atoms with E-state index in [9.17, 15) is 19.2 Å². The second-order valence-electron chi connectivity index (χ2n) is 12.3. The predicted octanol–water partition coefficient (Wildman–Crippen LogP) is 4.20. The largest absolute Gasteiger partial charge is 0.377 e. The van der Waals surface area contributed by atoms with Gasteiger partial charge in [0.05, 0.1) is 37.0 Å². The van der Waals surface area contributed by atoms with Crippen molar-refractivity contribution in [2.75, 3.05) is 19.7 Å². The molecule has 0 saturated carbocycles. The first-order chi connectivity index (χ1) is 18.8. The van der Waals surface area contributed by atoms with Crippen LogP contribution in [0.2, 0.25) is 0 Å². The fourth-order valence-corrected chi connectivity index (χ4v) is 4.88. The molecule has 0 aromatic carbocycles. The summed E-state index contributed by atoms with van der Waals surface area (Å²) in [6, 6.07) is -0.269. The lowest BCUT2D eigenvalue weighted by Crippen LogP contribution is -2.47. The molecule has 232 valence electrons. The molecule has 0 spiro atoms. The number of nitrogens with one attached hydrogen (secondary N) is 2. The van der Waals surface area contributed by atoms with Gasteiger partial charge in [-0.1, -0.05) is 27.7 Å². The monoisotopic (exact) mass is 567 g/mol. The predicted molar refractivity (Wildman–Crippen MR) is 158 cm³/mol. The summed E-state index contributed by atoms with van der Waals surface area (Å²) in [5.41, 5.74) is 0. The van der Waals surface area contributed by atoms with E-state index in [0.717, 1.165) is 6.42 Å². The topological polar surface area (TPSA) is 114 Å². The average molecular weight is 568 g/mol. The zero-order chi connectivity index (χ0) is 30.2. The highest BCUT2D eigenvalue weighted by atomic mass is 16.5. The number of Topliss-reactive ketones (excluding diaryl/α,β-unsaturated/α-hetero) is 2. The van der Waals surface area contributed by atoms with Gasteiger partial charge in [-0.25, -0.2) is 0 Å². The van der Waals surface area contributed by atoms with Crippen LogP contribution in [0.3, 0.4) is 0 Å². The Hall–Kier alpha value is -1.84. The number of nitrogens with zero attached hydrogens (tertiary/aromatic N) is 1. The third kappa shape index (κ3) is 15.2. The number of unbranched alkanes of at least 4 members (excludes halogenated alkanes) is 1. The van der Waals surface area contributed by atoms with Crippen LogP contribution in [0.25, 0.3) is 0 Å². The zero-order valence-corrected chi connectivity index (χ0v) is 26.4. The van der Waals surface area contributed by atoms with Crippen LogP contribution in [-0.2, 0) is 28.7 Å². The SMILES string of the molecule is CC(C)N[C@H](CCC(=O)C(C)C)C(=O)NCCCC(=O)CCCCC(=O)N1C[C@H](OC(C)C)C[C@H]1COC(C)C. The van der Waals surface area contributed by atoms with E-state index < -0.39 is 6.04 Å². The normalized spacial score (nSPS) is 18.2. The smallest absolute Gasteiger partial charge is 0.237 e. The molecular formula is C31H57N3O6. The molecule has 9 nitrogen and oxygen atoms in total. The van der Waals surface area contributed by atoms with Gasteiger partial charge in [0.15, 0.2) is 0 Å². The minimum atomic E-state index is -0.421. The average Bonchev–Trinajstić information content (AvgIpc) is 3.26. The number of rotatable bonds is 21. The summed E-state index contributed by atoms with van der Waals surface area (Å²) in [4.78, 5) is 51.8. The minimum Gasteiger partial charge on any atom is -0.377 e. The molecule has 0 radical (unpaired) electrons. The maximum absolute atomic E-state index is 13.0. The summed E-state index contributed by atoms with van der Waals surface area (Å²) in [6.07, 6.45) is 5.06. The van der Waals surface area contributed by atoms with Crippen molar-refractivity contribution in [3.63, 3.8) is 0 Å². The van der Waals surface area contributed by atoms with E-state index in [1.807, 2.05) is 60.3 Å². The van der Waals surface area contributed by atoms with Crippen molar-refractivity contribution in [2.24, 2.45) is 5.92 Å². The quantitative estimate of drug-likeness (QED) is 0.200. The molecule has 1 aliphatic rings. The van der Waals surface area contributed by atoms with Crippen LogP contribution < -0.4 is 10.6 Å². The third-order valence-corrected chi connectivity index (χ3v) is 6.99. The summed E-state index contributed by atoms with van der Waals surface area (Å²) in [5, 5.41) is 6.15. The van der Waals surface area contributed by atoms with Crippen molar-refractivity contribution >= 4 is 23.4 Å². The van der Waals surface area contributed by atoms with Crippen LogP contribution >= 0.6 is 0 Å². The summed E-state index contributed by atoms with van der Waals surface area (Å²) in [7, 11) is 0. The van der Waals surface area contributed by atoms with E-state index in [1.165, 1.54) is 0 Å². The summed E-state index contributed by atoms with van der Waals surface area (Å²) < 4.78 is 11.8. The lowest BCUT2D eigenvalue weighted by atomic mass is 10.0. The van der Waals surface area contributed by atoms with Crippen LogP contribution in [0, 0.1) is 5.92 Å². The molecule has 1 fully saturated rings. The van der Waals surface area contributed by atoms with E-state index in [1.54, 1.807) is 0 Å². The van der Waals surface area contributed by atoms with Gasteiger partial charge in [0.2, 0.25) is 11.8 Å². The molecule has 2 amide bonds. The van der Waals surface area contributed by atoms with E-state index in [-0.39, 0.29) is 59.7 Å². The fraction of sp³-hybridized carbons (Fsp3) is 0.871. The Labute approximate surface area is 242 Å². The van der Waals surface area contributed by atoms with Crippen LogP contribution in [0.15, 0.2) is 0 Å². The Morgan fingerprint density at radius 1 is 0.850 bits per heavy atom. The first kappa shape index (κ1) is 36.2. The molecule has 1 saturated heterocycles. The van der Waals surface area contributed by atoms with Crippen molar-refractivity contribution in [3.8, 4) is 0 Å². The van der Waals surface area contributed by atoms with Gasteiger partial charge in [-0.15, -0.1) is 0 Å². The molecule has 3 atom stereocenters. The molecule has 1 heterocycles. The number of hydrogen-bond acceptors (Lipinski definition) is 7. The Balaban J connectivity index is 2.34. The molecular weight excluding hydrogens is 510 g/mol. The zero-order valence-electron chi connectivity index (χ0n) is 26.4. The van der Waals surface area contributed by atoms with Crippen LogP contribution in [0.1, 0.15) is 113 Å². The van der Waals surface area contributed by atoms with Crippen molar-refractivity contribution in [2.45, 2.75) is 150 Å². The lowest BCUT2D eigenvalue weighted by molar-refractivity contribution is -0.134. The van der Waals surface area contributed by atoms with E-state index >= 15 is 0 Å². The van der Waals surface area contributed by atoms with Crippen molar-refractivity contribution in [1.29, 1.82) is 0 Å². The molecule has 9 heteroatoms. The van der Waals surface area contributed by atoms with E-state index in [4.69, 9.17) is 9.47 Å². The van der Waals surface area contributed by atoms with Gasteiger partial charge < -0.3 is 25.0 Å². The number of hydrogen-bond donors (Lipinski definition) is 2. The van der Waals surface area contributed by atoms with Gasteiger partial charge in [-0.3, -0.25) is 19.2 Å². The summed E-state index contributed by atoms with van der Waals surface area (Å²) >= 11 is 0. The number of carbonyl (C=O) groups is 4. The Morgan fingerprint density at radius 3 is 2.10 bits per heavy atom. The van der Waals surface area contributed by atoms with E-state index in [0.29, 0.717) is 71.1 Å². The van der Waals surface area contributed by atoms with Gasteiger partial charge in [-0.05, 0) is 59.8 Å². The number of likely N-dealkylation sites (tertiary alicyclic amines) is 1. The molecule has 1 rings (SSSR count). The number of ketones is 2. The van der Waals surface area contributed by atoms with Gasteiger partial charge >= 0.3 is 0 Å². The van der Waals surface area contributed by atoms with Gasteiger partial charge in [0.25, 0.3) is 0 Å². The standard InChI is InChI=1S/C31H57N3O6/c1-21(2)29(36)16-15-28(33-22(3)4)31(38)32-17-11-13-26(35)12-9-10-14-30(37)34-19-27(40-24(7)8)18-25(34)20-39-23(5)6/h21-25,27-28,33H,9-20H2,1-8H3,(H,32,38)/t25-,27+,28+/m0/s1. The van der Waals surface area contributed by atoms with E-state index in [2.05, 4.69) is 10.6 Å². The molecule has 0 bridgehead atoms. The number of amides is 2. The maximum Gasteiger partial charge on any atom is 0.237 e. The van der Waals surface area contributed by atoms with Crippen molar-refractivity contribution < 1.29 is 28.7 Å². The highest BCUT2D eigenvalue weighted by Gasteiger charge is 2.36. The van der Waals surface area contributed by atoms with Crippen LogP contribution in [0.4, 0.5) is 0 Å². The molecule has 0 unspecified atom stereocenters. The van der Waals surface area contributed by atoms with Gasteiger partial charge in [0.1, 0.15) is 11.6 Å². The molecule has 40 heavy (non-hydrogen) atoms. The highest BCUT2D eigenvalue weighted by Crippen LogP contribution is 2.24. The Kier molecular flexibility index (Phi) is 17.5. The first-order valence-electron chi connectivity index (χ1n) is 15.4. The first-order valence-corrected chi connectivity index (χ1v) is 15.4. The number of carbonyl (C=O) groups excluding carboxylic acids is 4.